The molecule has 9 heteroatoms. The fourth-order valence-corrected chi connectivity index (χ4v) is 4.17. The van der Waals surface area contributed by atoms with Crippen LogP contribution in [0.4, 0.5) is 14.9 Å². The van der Waals surface area contributed by atoms with Gasteiger partial charge in [-0.15, -0.1) is 0 Å². The van der Waals surface area contributed by atoms with Crippen molar-refractivity contribution in [3.63, 3.8) is 0 Å². The van der Waals surface area contributed by atoms with Crippen LogP contribution in [0.1, 0.15) is 16.7 Å². The fraction of sp³-hybridized carbons (Fsp3) is 0.0645. The lowest BCUT2D eigenvalue weighted by Gasteiger charge is -2.26. The van der Waals surface area contributed by atoms with Crippen molar-refractivity contribution in [2.45, 2.75) is 13.2 Å². The summed E-state index contributed by atoms with van der Waals surface area (Å²) in [5.74, 6) is -1.14. The number of hydrogen-bond acceptors (Lipinski definition) is 5. The zero-order valence-corrected chi connectivity index (χ0v) is 21.7. The van der Waals surface area contributed by atoms with Crippen LogP contribution in [0.2, 0.25) is 5.02 Å². The van der Waals surface area contributed by atoms with E-state index in [9.17, 15) is 18.8 Å². The van der Waals surface area contributed by atoms with E-state index in [4.69, 9.17) is 21.1 Å². The maximum absolute atomic E-state index is 13.4. The average Bonchev–Trinajstić information content (AvgIpc) is 2.95. The molecule has 1 heterocycles. The number of carbonyl (C=O) groups excluding carboxylic acids is 3. The molecule has 0 unspecified atom stereocenters. The van der Waals surface area contributed by atoms with E-state index in [0.717, 1.165) is 16.0 Å². The zero-order chi connectivity index (χ0) is 28.1. The first-order chi connectivity index (χ1) is 19.4. The first-order valence-corrected chi connectivity index (χ1v) is 12.6. The Balaban J connectivity index is 1.36. The molecule has 0 aliphatic carbocycles. The van der Waals surface area contributed by atoms with Crippen molar-refractivity contribution in [1.29, 1.82) is 0 Å². The molecular formula is C31H22ClFN2O5. The number of barbiturate groups is 1. The second-order valence-electron chi connectivity index (χ2n) is 8.82. The van der Waals surface area contributed by atoms with E-state index in [0.29, 0.717) is 28.7 Å². The summed E-state index contributed by atoms with van der Waals surface area (Å²) in [5.41, 5.74) is 2.04. The number of amides is 4. The molecule has 1 aliphatic heterocycles. The topological polar surface area (TPSA) is 84.9 Å². The number of halogens is 2. The van der Waals surface area contributed by atoms with Crippen molar-refractivity contribution < 1.29 is 28.2 Å². The molecular weight excluding hydrogens is 535 g/mol. The number of nitrogens with zero attached hydrogens (tertiary/aromatic N) is 1. The Morgan fingerprint density at radius 1 is 0.800 bits per heavy atom. The predicted octanol–water partition coefficient (Wildman–Crippen LogP) is 6.30. The molecule has 4 aromatic rings. The van der Waals surface area contributed by atoms with Gasteiger partial charge in [0.05, 0.1) is 5.69 Å². The van der Waals surface area contributed by atoms with Crippen LogP contribution in [0.3, 0.4) is 0 Å². The van der Waals surface area contributed by atoms with E-state index in [2.05, 4.69) is 5.32 Å². The molecule has 0 bridgehead atoms. The number of hydrogen-bond donors (Lipinski definition) is 1. The second kappa shape index (κ2) is 11.8. The number of ether oxygens (including phenoxy) is 2. The van der Waals surface area contributed by atoms with Gasteiger partial charge in [-0.1, -0.05) is 54.1 Å². The number of urea groups is 1. The molecule has 7 nitrogen and oxygen atoms in total. The smallest absolute Gasteiger partial charge is 0.335 e. The van der Waals surface area contributed by atoms with Crippen LogP contribution in [0.25, 0.3) is 6.08 Å². The number of carbonyl (C=O) groups is 3. The molecule has 0 atom stereocenters. The monoisotopic (exact) mass is 556 g/mol. The van der Waals surface area contributed by atoms with Gasteiger partial charge in [-0.3, -0.25) is 14.9 Å². The molecule has 1 N–H and O–H groups in total. The number of imide groups is 2. The van der Waals surface area contributed by atoms with Crippen LogP contribution < -0.4 is 19.7 Å². The van der Waals surface area contributed by atoms with E-state index in [1.807, 2.05) is 30.3 Å². The highest BCUT2D eigenvalue weighted by atomic mass is 35.5. The van der Waals surface area contributed by atoms with Gasteiger partial charge < -0.3 is 9.47 Å². The van der Waals surface area contributed by atoms with Gasteiger partial charge in [-0.05, 0) is 71.8 Å². The minimum Gasteiger partial charge on any atom is -0.489 e. The van der Waals surface area contributed by atoms with Gasteiger partial charge in [-0.25, -0.2) is 14.1 Å². The molecule has 0 saturated carbocycles. The highest BCUT2D eigenvalue weighted by Gasteiger charge is 2.37. The van der Waals surface area contributed by atoms with Crippen LogP contribution >= 0.6 is 11.6 Å². The molecule has 200 valence electrons. The van der Waals surface area contributed by atoms with Gasteiger partial charge in [0.2, 0.25) is 0 Å². The molecule has 40 heavy (non-hydrogen) atoms. The van der Waals surface area contributed by atoms with E-state index in [-0.39, 0.29) is 23.7 Å². The van der Waals surface area contributed by atoms with Crippen molar-refractivity contribution in [2.75, 3.05) is 4.90 Å². The zero-order valence-electron chi connectivity index (χ0n) is 21.0. The Hall–Kier alpha value is -4.95. The van der Waals surface area contributed by atoms with Gasteiger partial charge in [0.1, 0.15) is 36.1 Å². The third kappa shape index (κ3) is 6.19. The van der Waals surface area contributed by atoms with Crippen molar-refractivity contribution in [3.8, 4) is 11.5 Å². The first kappa shape index (κ1) is 26.6. The van der Waals surface area contributed by atoms with Crippen LogP contribution in [0, 0.1) is 5.82 Å². The number of benzene rings is 4. The number of rotatable bonds is 8. The predicted molar refractivity (Wildman–Crippen MR) is 148 cm³/mol. The molecule has 0 spiro atoms. The summed E-state index contributed by atoms with van der Waals surface area (Å²) in [4.78, 5) is 39.6. The Kier molecular flexibility index (Phi) is 7.89. The Morgan fingerprint density at radius 3 is 2.20 bits per heavy atom. The summed E-state index contributed by atoms with van der Waals surface area (Å²) < 4.78 is 24.9. The van der Waals surface area contributed by atoms with Gasteiger partial charge in [0.15, 0.2) is 0 Å². The van der Waals surface area contributed by atoms with Gasteiger partial charge >= 0.3 is 6.03 Å². The fourth-order valence-electron chi connectivity index (χ4n) is 3.99. The highest BCUT2D eigenvalue weighted by Crippen LogP contribution is 2.29. The first-order valence-electron chi connectivity index (χ1n) is 12.2. The lowest BCUT2D eigenvalue weighted by Crippen LogP contribution is -2.54. The van der Waals surface area contributed by atoms with Crippen LogP contribution in [-0.2, 0) is 22.8 Å². The summed E-state index contributed by atoms with van der Waals surface area (Å²) in [6.45, 7) is 0.470. The van der Waals surface area contributed by atoms with E-state index < -0.39 is 17.8 Å². The molecule has 1 aliphatic rings. The molecule has 4 aromatic carbocycles. The lowest BCUT2D eigenvalue weighted by atomic mass is 10.1. The normalized spacial score (nSPS) is 14.3. The molecule has 4 amide bonds. The van der Waals surface area contributed by atoms with Crippen LogP contribution in [0.15, 0.2) is 103 Å². The number of nitrogens with one attached hydrogen (secondary N) is 1. The van der Waals surface area contributed by atoms with Crippen molar-refractivity contribution in [2.24, 2.45) is 0 Å². The van der Waals surface area contributed by atoms with Crippen molar-refractivity contribution in [3.05, 3.63) is 130 Å². The Morgan fingerprint density at radius 2 is 1.48 bits per heavy atom. The van der Waals surface area contributed by atoms with Crippen molar-refractivity contribution in [1.82, 2.24) is 5.32 Å². The molecule has 1 fully saturated rings. The van der Waals surface area contributed by atoms with Crippen LogP contribution in [-0.4, -0.2) is 17.8 Å². The quantitative estimate of drug-likeness (QED) is 0.203. The summed E-state index contributed by atoms with van der Waals surface area (Å²) >= 11 is 6.18. The molecule has 0 aromatic heterocycles. The summed E-state index contributed by atoms with van der Waals surface area (Å²) in [6, 6.07) is 25.7. The van der Waals surface area contributed by atoms with Gasteiger partial charge in [0.25, 0.3) is 11.8 Å². The standard InChI is InChI=1S/C31H22ClFN2O5/c32-23-8-15-28(40-19-21-6-9-24(33)10-7-21)22(16-23)17-27-29(36)34-31(38)35(30(27)37)25-11-13-26(14-12-25)39-18-20-4-2-1-3-5-20/h1-17H,18-19H2,(H,34,36,38)/b27-17+. The van der Waals surface area contributed by atoms with Gasteiger partial charge in [0, 0.05) is 10.6 Å². The minimum atomic E-state index is -0.871. The SMILES string of the molecule is O=C1NC(=O)N(c2ccc(OCc3ccccc3)cc2)C(=O)/C1=C/c1cc(Cl)ccc1OCc1ccc(F)cc1. The average molecular weight is 557 g/mol. The van der Waals surface area contributed by atoms with Gasteiger partial charge in [-0.2, -0.15) is 0 Å². The van der Waals surface area contributed by atoms with E-state index >= 15 is 0 Å². The Bertz CT molecular complexity index is 1590. The van der Waals surface area contributed by atoms with Crippen molar-refractivity contribution >= 4 is 41.2 Å². The molecule has 0 radical (unpaired) electrons. The maximum atomic E-state index is 13.4. The minimum absolute atomic E-state index is 0.113. The van der Waals surface area contributed by atoms with E-state index in [1.165, 1.54) is 24.3 Å². The maximum Gasteiger partial charge on any atom is 0.335 e. The highest BCUT2D eigenvalue weighted by molar-refractivity contribution is 6.39. The third-order valence-electron chi connectivity index (χ3n) is 6.02. The second-order valence-corrected chi connectivity index (χ2v) is 9.26. The summed E-state index contributed by atoms with van der Waals surface area (Å²) in [6.07, 6.45) is 1.32. The molecule has 5 rings (SSSR count). The number of anilines is 1. The summed E-state index contributed by atoms with van der Waals surface area (Å²) in [7, 11) is 0. The Labute approximate surface area is 234 Å². The third-order valence-corrected chi connectivity index (χ3v) is 6.26. The van der Waals surface area contributed by atoms with E-state index in [1.54, 1.807) is 48.5 Å². The molecule has 1 saturated heterocycles. The lowest BCUT2D eigenvalue weighted by molar-refractivity contribution is -0.122. The van der Waals surface area contributed by atoms with Crippen LogP contribution in [0.5, 0.6) is 11.5 Å². The largest absolute Gasteiger partial charge is 0.489 e. The summed E-state index contributed by atoms with van der Waals surface area (Å²) in [5, 5.41) is 2.56.